The Hall–Kier alpha value is -1.13. The standard InChI is InChI=1S/C13H12BrNOS/c14-12-2-1-3-13(15)11(12)8-17-10-6-4-9(16)5-7-10/h1-7,16H,8,15H2. The van der Waals surface area contributed by atoms with Crippen LogP contribution in [0.3, 0.4) is 0 Å². The maximum Gasteiger partial charge on any atom is 0.115 e. The molecule has 0 atom stereocenters. The molecular formula is C13H12BrNOS. The molecule has 4 heteroatoms. The largest absolute Gasteiger partial charge is 0.508 e. The Bertz CT molecular complexity index is 493. The molecule has 0 bridgehead atoms. The van der Waals surface area contributed by atoms with Crippen molar-refractivity contribution in [1.82, 2.24) is 0 Å². The summed E-state index contributed by atoms with van der Waals surface area (Å²) in [6.07, 6.45) is 0. The molecule has 88 valence electrons. The second-order valence-corrected chi connectivity index (χ2v) is 5.49. The van der Waals surface area contributed by atoms with Gasteiger partial charge in [0, 0.05) is 20.8 Å². The zero-order valence-corrected chi connectivity index (χ0v) is 11.5. The summed E-state index contributed by atoms with van der Waals surface area (Å²) in [5.41, 5.74) is 7.83. The summed E-state index contributed by atoms with van der Waals surface area (Å²) in [6.45, 7) is 0. The summed E-state index contributed by atoms with van der Waals surface area (Å²) in [5.74, 6) is 1.09. The number of nitrogens with two attached hydrogens (primary N) is 1. The average Bonchev–Trinajstić information content (AvgIpc) is 2.31. The molecule has 0 spiro atoms. The van der Waals surface area contributed by atoms with Gasteiger partial charge in [0.05, 0.1) is 0 Å². The molecule has 0 aliphatic heterocycles. The van der Waals surface area contributed by atoms with Gasteiger partial charge in [-0.3, -0.25) is 0 Å². The van der Waals surface area contributed by atoms with Gasteiger partial charge in [-0.2, -0.15) is 0 Å². The highest BCUT2D eigenvalue weighted by molar-refractivity contribution is 9.10. The summed E-state index contributed by atoms with van der Waals surface area (Å²) in [4.78, 5) is 1.11. The van der Waals surface area contributed by atoms with E-state index in [1.165, 1.54) is 0 Å². The molecule has 2 aromatic carbocycles. The van der Waals surface area contributed by atoms with Crippen molar-refractivity contribution in [3.05, 3.63) is 52.5 Å². The van der Waals surface area contributed by atoms with Crippen LogP contribution in [0, 0.1) is 0 Å². The van der Waals surface area contributed by atoms with E-state index in [9.17, 15) is 5.11 Å². The van der Waals surface area contributed by atoms with Crippen molar-refractivity contribution < 1.29 is 5.11 Å². The zero-order chi connectivity index (χ0) is 12.3. The van der Waals surface area contributed by atoms with Gasteiger partial charge in [-0.15, -0.1) is 11.8 Å². The lowest BCUT2D eigenvalue weighted by Gasteiger charge is -2.07. The number of hydrogen-bond acceptors (Lipinski definition) is 3. The third kappa shape index (κ3) is 3.17. The number of rotatable bonds is 3. The van der Waals surface area contributed by atoms with Crippen LogP contribution in [-0.2, 0) is 5.75 Å². The van der Waals surface area contributed by atoms with Crippen LogP contribution in [0.5, 0.6) is 5.75 Å². The Balaban J connectivity index is 2.10. The molecule has 0 amide bonds. The number of phenolic OH excluding ortho intramolecular Hbond substituents is 1. The number of halogens is 1. The summed E-state index contributed by atoms with van der Waals surface area (Å²) < 4.78 is 1.03. The number of nitrogen functional groups attached to an aromatic ring is 1. The minimum Gasteiger partial charge on any atom is -0.508 e. The van der Waals surface area contributed by atoms with Gasteiger partial charge in [-0.1, -0.05) is 22.0 Å². The van der Waals surface area contributed by atoms with Crippen molar-refractivity contribution >= 4 is 33.4 Å². The maximum atomic E-state index is 9.19. The van der Waals surface area contributed by atoms with Crippen molar-refractivity contribution in [2.45, 2.75) is 10.6 Å². The fourth-order valence-corrected chi connectivity index (χ4v) is 3.09. The first kappa shape index (κ1) is 12.3. The Labute approximate surface area is 113 Å². The fourth-order valence-electron chi connectivity index (χ4n) is 1.43. The molecule has 3 N–H and O–H groups in total. The van der Waals surface area contributed by atoms with E-state index in [2.05, 4.69) is 15.9 Å². The highest BCUT2D eigenvalue weighted by atomic mass is 79.9. The van der Waals surface area contributed by atoms with Crippen molar-refractivity contribution in [3.8, 4) is 5.75 Å². The van der Waals surface area contributed by atoms with E-state index in [0.29, 0.717) is 0 Å². The lowest BCUT2D eigenvalue weighted by atomic mass is 10.2. The minimum absolute atomic E-state index is 0.287. The molecule has 2 aromatic rings. The monoisotopic (exact) mass is 309 g/mol. The van der Waals surface area contributed by atoms with Gasteiger partial charge in [0.25, 0.3) is 0 Å². The van der Waals surface area contributed by atoms with Gasteiger partial charge in [0.15, 0.2) is 0 Å². The van der Waals surface area contributed by atoms with Crippen LogP contribution in [0.25, 0.3) is 0 Å². The van der Waals surface area contributed by atoms with Gasteiger partial charge in [0.2, 0.25) is 0 Å². The SMILES string of the molecule is Nc1cccc(Br)c1CSc1ccc(O)cc1. The average molecular weight is 310 g/mol. The Morgan fingerprint density at radius 3 is 2.47 bits per heavy atom. The highest BCUT2D eigenvalue weighted by Gasteiger charge is 2.04. The molecular weight excluding hydrogens is 298 g/mol. The molecule has 2 nitrogen and oxygen atoms in total. The van der Waals surface area contributed by atoms with Crippen LogP contribution in [0.15, 0.2) is 51.8 Å². The molecule has 0 aliphatic carbocycles. The Morgan fingerprint density at radius 2 is 1.82 bits per heavy atom. The lowest BCUT2D eigenvalue weighted by molar-refractivity contribution is 0.475. The lowest BCUT2D eigenvalue weighted by Crippen LogP contribution is -1.93. The van der Waals surface area contributed by atoms with Crippen LogP contribution in [0.1, 0.15) is 5.56 Å². The van der Waals surface area contributed by atoms with Crippen LogP contribution in [0.2, 0.25) is 0 Å². The summed E-state index contributed by atoms with van der Waals surface area (Å²) in [5, 5.41) is 9.19. The molecule has 0 saturated carbocycles. The maximum absolute atomic E-state index is 9.19. The van der Waals surface area contributed by atoms with E-state index in [1.54, 1.807) is 23.9 Å². The fraction of sp³-hybridized carbons (Fsp3) is 0.0769. The minimum atomic E-state index is 0.287. The highest BCUT2D eigenvalue weighted by Crippen LogP contribution is 2.31. The molecule has 0 unspecified atom stereocenters. The molecule has 0 radical (unpaired) electrons. The summed E-state index contributed by atoms with van der Waals surface area (Å²) in [7, 11) is 0. The number of benzene rings is 2. The number of thioether (sulfide) groups is 1. The first-order chi connectivity index (χ1) is 8.16. The molecule has 0 aliphatic rings. The molecule has 0 saturated heterocycles. The normalized spacial score (nSPS) is 10.4. The van der Waals surface area contributed by atoms with E-state index in [4.69, 9.17) is 5.73 Å². The molecule has 17 heavy (non-hydrogen) atoms. The van der Waals surface area contributed by atoms with Crippen LogP contribution in [0.4, 0.5) is 5.69 Å². The summed E-state index contributed by atoms with van der Waals surface area (Å²) in [6, 6.07) is 13.0. The van der Waals surface area contributed by atoms with Gasteiger partial charge >= 0.3 is 0 Å². The third-order valence-corrected chi connectivity index (χ3v) is 4.16. The van der Waals surface area contributed by atoms with Gasteiger partial charge in [-0.25, -0.2) is 0 Å². The van der Waals surface area contributed by atoms with E-state index < -0.39 is 0 Å². The number of phenols is 1. The van der Waals surface area contributed by atoms with Crippen LogP contribution in [-0.4, -0.2) is 5.11 Å². The van der Waals surface area contributed by atoms with E-state index >= 15 is 0 Å². The molecule has 0 fully saturated rings. The van der Waals surface area contributed by atoms with E-state index in [0.717, 1.165) is 26.4 Å². The smallest absolute Gasteiger partial charge is 0.115 e. The van der Waals surface area contributed by atoms with Crippen molar-refractivity contribution in [2.75, 3.05) is 5.73 Å². The molecule has 2 rings (SSSR count). The molecule has 0 aromatic heterocycles. The number of aromatic hydroxyl groups is 1. The van der Waals surface area contributed by atoms with Crippen LogP contribution < -0.4 is 5.73 Å². The molecule has 0 heterocycles. The predicted octanol–water partition coefficient (Wildman–Crippen LogP) is 4.03. The second-order valence-electron chi connectivity index (χ2n) is 3.59. The topological polar surface area (TPSA) is 46.2 Å². The van der Waals surface area contributed by atoms with E-state index in [-0.39, 0.29) is 5.75 Å². The van der Waals surface area contributed by atoms with Crippen molar-refractivity contribution in [1.29, 1.82) is 0 Å². The van der Waals surface area contributed by atoms with Gasteiger partial charge in [0.1, 0.15) is 5.75 Å². The Morgan fingerprint density at radius 1 is 1.12 bits per heavy atom. The second kappa shape index (κ2) is 5.47. The van der Waals surface area contributed by atoms with Crippen molar-refractivity contribution in [2.24, 2.45) is 0 Å². The first-order valence-electron chi connectivity index (χ1n) is 5.11. The summed E-state index contributed by atoms with van der Waals surface area (Å²) >= 11 is 5.19. The predicted molar refractivity (Wildman–Crippen MR) is 76.2 cm³/mol. The Kier molecular flexibility index (Phi) is 3.97. The van der Waals surface area contributed by atoms with E-state index in [1.807, 2.05) is 30.3 Å². The zero-order valence-electron chi connectivity index (χ0n) is 9.06. The van der Waals surface area contributed by atoms with Gasteiger partial charge in [-0.05, 0) is 42.0 Å². The first-order valence-corrected chi connectivity index (χ1v) is 6.89. The third-order valence-electron chi connectivity index (χ3n) is 2.37. The quantitative estimate of drug-likeness (QED) is 0.664. The van der Waals surface area contributed by atoms with Crippen molar-refractivity contribution in [3.63, 3.8) is 0 Å². The number of anilines is 1. The number of hydrogen-bond donors (Lipinski definition) is 2. The van der Waals surface area contributed by atoms with Crippen LogP contribution >= 0.6 is 27.7 Å². The van der Waals surface area contributed by atoms with Gasteiger partial charge < -0.3 is 10.8 Å².